The third-order valence-corrected chi connectivity index (χ3v) is 6.62. The lowest BCUT2D eigenvalue weighted by Gasteiger charge is -2.55. The van der Waals surface area contributed by atoms with E-state index in [0.29, 0.717) is 0 Å². The zero-order valence-electron chi connectivity index (χ0n) is 13.2. The highest BCUT2D eigenvalue weighted by Gasteiger charge is 2.56. The van der Waals surface area contributed by atoms with E-state index in [1.165, 1.54) is 0 Å². The Hall–Kier alpha value is 0.0569. The van der Waals surface area contributed by atoms with E-state index in [4.69, 9.17) is 18.3 Å². The van der Waals surface area contributed by atoms with Gasteiger partial charge in [0.2, 0.25) is 0 Å². The van der Waals surface area contributed by atoms with E-state index in [1.807, 2.05) is 0 Å². The Kier molecular flexibility index (Phi) is 6.97. The summed E-state index contributed by atoms with van der Waals surface area (Å²) in [6.07, 6.45) is 3.11. The second-order valence-corrected chi connectivity index (χ2v) is 7.64. The first-order valence-electron chi connectivity index (χ1n) is 7.41. The minimum absolute atomic E-state index is 0.138. The van der Waals surface area contributed by atoms with E-state index < -0.39 is 9.28 Å². The molecule has 1 unspecified atom stereocenters. The first-order valence-corrected chi connectivity index (χ1v) is 9.16. The van der Waals surface area contributed by atoms with E-state index in [-0.39, 0.29) is 11.0 Å². The molecule has 0 saturated carbocycles. The summed E-state index contributed by atoms with van der Waals surface area (Å²) in [6.45, 7) is 8.99. The van der Waals surface area contributed by atoms with Gasteiger partial charge in [0.15, 0.2) is 0 Å². The Balaban J connectivity index is 2.92. The lowest BCUT2D eigenvalue weighted by molar-refractivity contribution is -0.238. The van der Waals surface area contributed by atoms with Crippen LogP contribution in [0.1, 0.15) is 40.0 Å². The fourth-order valence-corrected chi connectivity index (χ4v) is 4.92. The van der Waals surface area contributed by atoms with Crippen LogP contribution in [0.4, 0.5) is 0 Å². The molecule has 0 amide bonds. The van der Waals surface area contributed by atoms with Crippen molar-refractivity contribution in [2.45, 2.75) is 51.7 Å². The summed E-state index contributed by atoms with van der Waals surface area (Å²) in [4.78, 5) is 0. The molecule has 0 spiro atoms. The fourth-order valence-electron chi connectivity index (χ4n) is 3.02. The average Bonchev–Trinajstić information content (AvgIpc) is 2.40. The molecular weight excluding hydrogens is 260 g/mol. The predicted octanol–water partition coefficient (Wildman–Crippen LogP) is 2.50. The Morgan fingerprint density at radius 2 is 1.79 bits per heavy atom. The largest absolute Gasteiger partial charge is 0.400 e. The van der Waals surface area contributed by atoms with Gasteiger partial charge >= 0.3 is 9.28 Å². The monoisotopic (exact) mass is 290 g/mol. The van der Waals surface area contributed by atoms with Crippen molar-refractivity contribution < 1.29 is 18.3 Å². The maximum Gasteiger partial charge on any atom is 0.323 e. The molecule has 0 bridgehead atoms. The van der Waals surface area contributed by atoms with Crippen LogP contribution in [0.2, 0.25) is 6.04 Å². The SMILES string of the molecule is CCCOC(CC)(C[SiH](OC)OC)C1(CC)COC1. The van der Waals surface area contributed by atoms with Gasteiger partial charge in [0.1, 0.15) is 0 Å². The molecule has 1 fully saturated rings. The molecule has 5 heteroatoms. The molecule has 4 nitrogen and oxygen atoms in total. The van der Waals surface area contributed by atoms with Gasteiger partial charge in [-0.25, -0.2) is 0 Å². The summed E-state index contributed by atoms with van der Waals surface area (Å²) >= 11 is 0. The van der Waals surface area contributed by atoms with Crippen LogP contribution >= 0.6 is 0 Å². The van der Waals surface area contributed by atoms with Gasteiger partial charge in [-0.15, -0.1) is 0 Å². The van der Waals surface area contributed by atoms with Crippen molar-refractivity contribution in [2.75, 3.05) is 34.0 Å². The van der Waals surface area contributed by atoms with E-state index in [0.717, 1.165) is 45.1 Å². The quantitative estimate of drug-likeness (QED) is 0.579. The summed E-state index contributed by atoms with van der Waals surface area (Å²) in [6, 6.07) is 0.897. The van der Waals surface area contributed by atoms with Gasteiger partial charge in [-0.1, -0.05) is 20.8 Å². The zero-order chi connectivity index (χ0) is 14.4. The number of hydrogen-bond donors (Lipinski definition) is 0. The van der Waals surface area contributed by atoms with E-state index in [1.54, 1.807) is 14.2 Å². The molecule has 0 aromatic heterocycles. The summed E-state index contributed by atoms with van der Waals surface area (Å²) in [5.74, 6) is 0. The molecule has 19 heavy (non-hydrogen) atoms. The molecule has 0 aromatic carbocycles. The minimum atomic E-state index is -1.65. The van der Waals surface area contributed by atoms with Crippen LogP contribution < -0.4 is 0 Å². The Bertz CT molecular complexity index is 248. The molecule has 1 heterocycles. The summed E-state index contributed by atoms with van der Waals surface area (Å²) in [5, 5.41) is 0. The van der Waals surface area contributed by atoms with Gasteiger partial charge in [-0.2, -0.15) is 0 Å². The standard InChI is InChI=1S/C14H30O4Si/c1-6-9-18-14(8-3,12-19(15-4)16-5)13(7-2)10-17-11-13/h19H,6-12H2,1-5H3. The highest BCUT2D eigenvalue weighted by Crippen LogP contribution is 2.49. The second-order valence-electron chi connectivity index (χ2n) is 5.43. The molecular formula is C14H30O4Si. The van der Waals surface area contributed by atoms with Gasteiger partial charge in [-0.3, -0.25) is 0 Å². The van der Waals surface area contributed by atoms with Gasteiger partial charge in [0, 0.05) is 32.3 Å². The molecule has 0 radical (unpaired) electrons. The van der Waals surface area contributed by atoms with Crippen molar-refractivity contribution in [1.82, 2.24) is 0 Å². The molecule has 0 N–H and O–H groups in total. The van der Waals surface area contributed by atoms with Crippen molar-refractivity contribution in [3.05, 3.63) is 0 Å². The number of ether oxygens (including phenoxy) is 2. The molecule has 1 rings (SSSR count). The van der Waals surface area contributed by atoms with Crippen molar-refractivity contribution in [3.63, 3.8) is 0 Å². The molecule has 1 atom stereocenters. The average molecular weight is 290 g/mol. The zero-order valence-corrected chi connectivity index (χ0v) is 14.3. The maximum atomic E-state index is 6.36. The van der Waals surface area contributed by atoms with E-state index >= 15 is 0 Å². The predicted molar refractivity (Wildman–Crippen MR) is 78.8 cm³/mol. The highest BCUT2D eigenvalue weighted by molar-refractivity contribution is 6.44. The lowest BCUT2D eigenvalue weighted by Crippen LogP contribution is -2.62. The normalized spacial score (nSPS) is 21.2. The van der Waals surface area contributed by atoms with Crippen molar-refractivity contribution in [3.8, 4) is 0 Å². The summed E-state index contributed by atoms with van der Waals surface area (Å²) in [7, 11) is 1.84. The number of rotatable bonds is 10. The summed E-state index contributed by atoms with van der Waals surface area (Å²) < 4.78 is 23.0. The first-order chi connectivity index (χ1) is 9.13. The van der Waals surface area contributed by atoms with Gasteiger partial charge < -0.3 is 18.3 Å². The van der Waals surface area contributed by atoms with Crippen molar-refractivity contribution in [1.29, 1.82) is 0 Å². The molecule has 1 aliphatic heterocycles. The van der Waals surface area contributed by atoms with Crippen LogP contribution in [-0.2, 0) is 18.3 Å². The van der Waals surface area contributed by atoms with Crippen LogP contribution in [-0.4, -0.2) is 48.9 Å². The lowest BCUT2D eigenvalue weighted by atomic mass is 9.67. The Labute approximate surface area is 119 Å². The van der Waals surface area contributed by atoms with Crippen LogP contribution in [0.5, 0.6) is 0 Å². The van der Waals surface area contributed by atoms with Crippen molar-refractivity contribution in [2.24, 2.45) is 5.41 Å². The van der Waals surface area contributed by atoms with E-state index in [2.05, 4.69) is 20.8 Å². The highest BCUT2D eigenvalue weighted by atomic mass is 28.3. The van der Waals surface area contributed by atoms with Gasteiger partial charge in [-0.05, 0) is 19.3 Å². The second kappa shape index (κ2) is 7.74. The van der Waals surface area contributed by atoms with Crippen LogP contribution in [0.15, 0.2) is 0 Å². The first kappa shape index (κ1) is 17.1. The van der Waals surface area contributed by atoms with Crippen LogP contribution in [0.25, 0.3) is 0 Å². The van der Waals surface area contributed by atoms with Crippen LogP contribution in [0, 0.1) is 5.41 Å². The topological polar surface area (TPSA) is 36.9 Å². The fraction of sp³-hybridized carbons (Fsp3) is 1.00. The van der Waals surface area contributed by atoms with Crippen LogP contribution in [0.3, 0.4) is 0 Å². The van der Waals surface area contributed by atoms with E-state index in [9.17, 15) is 0 Å². The molecule has 114 valence electrons. The Morgan fingerprint density at radius 1 is 1.16 bits per heavy atom. The molecule has 0 aliphatic carbocycles. The maximum absolute atomic E-state index is 6.36. The Morgan fingerprint density at radius 3 is 2.11 bits per heavy atom. The van der Waals surface area contributed by atoms with Gasteiger partial charge in [0.25, 0.3) is 0 Å². The molecule has 1 saturated heterocycles. The molecule has 1 aliphatic rings. The molecule has 0 aromatic rings. The third-order valence-electron chi connectivity index (χ3n) is 4.58. The van der Waals surface area contributed by atoms with Crippen molar-refractivity contribution >= 4 is 9.28 Å². The number of hydrogen-bond acceptors (Lipinski definition) is 4. The van der Waals surface area contributed by atoms with Gasteiger partial charge in [0.05, 0.1) is 18.8 Å². The smallest absolute Gasteiger partial charge is 0.323 e. The summed E-state index contributed by atoms with van der Waals surface area (Å²) in [5.41, 5.74) is -0.0157. The third kappa shape index (κ3) is 3.39. The minimum Gasteiger partial charge on any atom is -0.400 e.